The van der Waals surface area contributed by atoms with Crippen LogP contribution in [-0.4, -0.2) is 38.0 Å². The van der Waals surface area contributed by atoms with Crippen molar-refractivity contribution < 1.29 is 13.5 Å². The molecule has 11 heteroatoms. The molecule has 0 amide bonds. The van der Waals surface area contributed by atoms with Crippen molar-refractivity contribution in [2.75, 3.05) is 7.11 Å². The molecule has 0 fully saturated rings. The summed E-state index contributed by atoms with van der Waals surface area (Å²) < 4.78 is 34.7. The third-order valence-electron chi connectivity index (χ3n) is 3.43. The standard InChI is InChI=1S/C15H13BrF2N6OS/c1-25-12-3-2-9(4-10(12)7-23-8-11(16)6-19-23)5-20-24-14(13(17)18)21-22-15(24)26/h2-6,8,13H,7H2,1H3,(H,22,26). The molecule has 136 valence electrons. The van der Waals surface area contributed by atoms with E-state index in [0.29, 0.717) is 17.9 Å². The summed E-state index contributed by atoms with van der Waals surface area (Å²) in [5.41, 5.74) is 1.55. The molecule has 1 N–H and O–H groups in total. The van der Waals surface area contributed by atoms with E-state index < -0.39 is 12.2 Å². The quantitative estimate of drug-likeness (QED) is 0.465. The molecular weight excluding hydrogens is 430 g/mol. The summed E-state index contributed by atoms with van der Waals surface area (Å²) in [6.45, 7) is 0.476. The van der Waals surface area contributed by atoms with Crippen molar-refractivity contribution in [3.05, 3.63) is 56.8 Å². The maximum Gasteiger partial charge on any atom is 0.299 e. The van der Waals surface area contributed by atoms with Crippen molar-refractivity contribution in [2.45, 2.75) is 13.0 Å². The predicted octanol–water partition coefficient (Wildman–Crippen LogP) is 3.78. The molecule has 26 heavy (non-hydrogen) atoms. The Hall–Kier alpha value is -2.40. The van der Waals surface area contributed by atoms with E-state index in [2.05, 4.69) is 36.3 Å². The third kappa shape index (κ3) is 4.05. The first-order valence-corrected chi connectivity index (χ1v) is 8.52. The zero-order valence-electron chi connectivity index (χ0n) is 13.4. The van der Waals surface area contributed by atoms with Gasteiger partial charge in [-0.2, -0.15) is 20.0 Å². The van der Waals surface area contributed by atoms with Crippen LogP contribution in [0.4, 0.5) is 8.78 Å². The fraction of sp³-hybridized carbons (Fsp3) is 0.200. The maximum absolute atomic E-state index is 12.9. The summed E-state index contributed by atoms with van der Waals surface area (Å²) in [6.07, 6.45) is 2.16. The molecule has 0 aliphatic heterocycles. The van der Waals surface area contributed by atoms with Gasteiger partial charge in [0.15, 0.2) is 0 Å². The van der Waals surface area contributed by atoms with Crippen LogP contribution in [-0.2, 0) is 6.54 Å². The summed E-state index contributed by atoms with van der Waals surface area (Å²) in [5.74, 6) is 0.142. The van der Waals surface area contributed by atoms with Gasteiger partial charge in [0.25, 0.3) is 6.43 Å². The van der Waals surface area contributed by atoms with Crippen LogP contribution in [0.1, 0.15) is 23.4 Å². The van der Waals surface area contributed by atoms with E-state index in [9.17, 15) is 8.78 Å². The van der Waals surface area contributed by atoms with Crippen LogP contribution in [0.25, 0.3) is 0 Å². The average Bonchev–Trinajstić information content (AvgIpc) is 3.18. The maximum atomic E-state index is 12.9. The normalized spacial score (nSPS) is 11.6. The van der Waals surface area contributed by atoms with Gasteiger partial charge in [0, 0.05) is 11.8 Å². The number of alkyl halides is 2. The lowest BCUT2D eigenvalue weighted by atomic mass is 10.1. The van der Waals surface area contributed by atoms with Gasteiger partial charge in [0.1, 0.15) is 5.75 Å². The first kappa shape index (κ1) is 18.4. The van der Waals surface area contributed by atoms with E-state index in [1.807, 2.05) is 12.3 Å². The van der Waals surface area contributed by atoms with Crippen molar-refractivity contribution in [1.29, 1.82) is 0 Å². The Morgan fingerprint density at radius 3 is 2.92 bits per heavy atom. The monoisotopic (exact) mass is 442 g/mol. The Morgan fingerprint density at radius 2 is 2.27 bits per heavy atom. The molecule has 3 rings (SSSR count). The van der Waals surface area contributed by atoms with E-state index in [0.717, 1.165) is 14.7 Å². The van der Waals surface area contributed by atoms with E-state index in [1.165, 1.54) is 6.21 Å². The lowest BCUT2D eigenvalue weighted by Crippen LogP contribution is -2.03. The van der Waals surface area contributed by atoms with Crippen LogP contribution >= 0.6 is 28.1 Å². The van der Waals surface area contributed by atoms with Crippen molar-refractivity contribution in [3.8, 4) is 5.75 Å². The van der Waals surface area contributed by atoms with E-state index >= 15 is 0 Å². The minimum atomic E-state index is -2.79. The van der Waals surface area contributed by atoms with Crippen molar-refractivity contribution in [2.24, 2.45) is 5.10 Å². The molecule has 2 heterocycles. The molecule has 7 nitrogen and oxygen atoms in total. The number of aromatic amines is 1. The first-order chi connectivity index (χ1) is 12.5. The highest BCUT2D eigenvalue weighted by Gasteiger charge is 2.16. The zero-order valence-corrected chi connectivity index (χ0v) is 15.8. The van der Waals surface area contributed by atoms with Crippen molar-refractivity contribution >= 4 is 34.4 Å². The number of methoxy groups -OCH3 is 1. The van der Waals surface area contributed by atoms with Crippen molar-refractivity contribution in [3.63, 3.8) is 0 Å². The summed E-state index contributed by atoms with van der Waals surface area (Å²) in [6, 6.07) is 5.37. The molecule has 0 unspecified atom stereocenters. The molecular formula is C15H13BrF2N6OS. The Balaban J connectivity index is 1.90. The van der Waals surface area contributed by atoms with Crippen molar-refractivity contribution in [1.82, 2.24) is 24.7 Å². The fourth-order valence-electron chi connectivity index (χ4n) is 2.28. The van der Waals surface area contributed by atoms with Crippen LogP contribution in [0.5, 0.6) is 5.75 Å². The molecule has 2 aromatic heterocycles. The molecule has 0 radical (unpaired) electrons. The second-order valence-electron chi connectivity index (χ2n) is 5.17. The number of nitrogens with one attached hydrogen (secondary N) is 1. The minimum absolute atomic E-state index is 0.00771. The largest absolute Gasteiger partial charge is 0.496 e. The number of H-pyrrole nitrogens is 1. The Labute approximate surface area is 160 Å². The van der Waals surface area contributed by atoms with Gasteiger partial charge in [-0.25, -0.2) is 13.9 Å². The second-order valence-corrected chi connectivity index (χ2v) is 6.47. The number of rotatable bonds is 6. The Morgan fingerprint density at radius 1 is 1.46 bits per heavy atom. The third-order valence-corrected chi connectivity index (χ3v) is 4.11. The van der Waals surface area contributed by atoms with Gasteiger partial charge in [-0.15, -0.1) is 0 Å². The predicted molar refractivity (Wildman–Crippen MR) is 97.4 cm³/mol. The Bertz CT molecular complexity index is 996. The molecule has 0 aliphatic rings. The van der Waals surface area contributed by atoms with Crippen LogP contribution in [0, 0.1) is 4.77 Å². The van der Waals surface area contributed by atoms with Gasteiger partial charge in [-0.3, -0.25) is 4.68 Å². The van der Waals surface area contributed by atoms with Gasteiger partial charge in [-0.05, 0) is 51.9 Å². The smallest absolute Gasteiger partial charge is 0.299 e. The van der Waals surface area contributed by atoms with Gasteiger partial charge in [-0.1, -0.05) is 0 Å². The lowest BCUT2D eigenvalue weighted by molar-refractivity contribution is 0.136. The summed E-state index contributed by atoms with van der Waals surface area (Å²) in [7, 11) is 1.57. The van der Waals surface area contributed by atoms with Gasteiger partial charge >= 0.3 is 0 Å². The number of ether oxygens (including phenoxy) is 1. The lowest BCUT2D eigenvalue weighted by Gasteiger charge is -2.09. The fourth-order valence-corrected chi connectivity index (χ4v) is 2.80. The number of nitrogens with zero attached hydrogens (tertiary/aromatic N) is 5. The molecule has 0 saturated heterocycles. The van der Waals surface area contributed by atoms with Crippen LogP contribution in [0.2, 0.25) is 0 Å². The van der Waals surface area contributed by atoms with Crippen LogP contribution in [0.3, 0.4) is 0 Å². The van der Waals surface area contributed by atoms with Gasteiger partial charge < -0.3 is 4.74 Å². The van der Waals surface area contributed by atoms with Crippen LogP contribution in [0.15, 0.2) is 40.2 Å². The number of halogens is 3. The first-order valence-electron chi connectivity index (χ1n) is 7.32. The molecule has 0 saturated carbocycles. The molecule has 0 atom stereocenters. The van der Waals surface area contributed by atoms with Crippen LogP contribution < -0.4 is 4.74 Å². The summed E-state index contributed by atoms with van der Waals surface area (Å²) >= 11 is 8.27. The molecule has 1 aromatic carbocycles. The minimum Gasteiger partial charge on any atom is -0.496 e. The SMILES string of the molecule is COc1ccc(C=Nn2c(C(F)F)n[nH]c2=S)cc1Cn1cc(Br)cn1. The highest BCUT2D eigenvalue weighted by Crippen LogP contribution is 2.21. The zero-order chi connectivity index (χ0) is 18.7. The molecule has 3 aromatic rings. The average molecular weight is 443 g/mol. The van der Waals surface area contributed by atoms with E-state index in [-0.39, 0.29) is 4.77 Å². The molecule has 0 aliphatic carbocycles. The van der Waals surface area contributed by atoms with Gasteiger partial charge in [0.2, 0.25) is 10.6 Å². The van der Waals surface area contributed by atoms with Gasteiger partial charge in [0.05, 0.1) is 30.5 Å². The van der Waals surface area contributed by atoms with E-state index in [1.54, 1.807) is 30.1 Å². The van der Waals surface area contributed by atoms with E-state index in [4.69, 9.17) is 17.0 Å². The number of hydrogen-bond acceptors (Lipinski definition) is 5. The number of benzene rings is 1. The Kier molecular flexibility index (Phi) is 5.57. The molecule has 0 bridgehead atoms. The topological polar surface area (TPSA) is 73.0 Å². The summed E-state index contributed by atoms with van der Waals surface area (Å²) in [4.78, 5) is 0. The summed E-state index contributed by atoms with van der Waals surface area (Å²) in [5, 5.41) is 14.0. The highest BCUT2D eigenvalue weighted by molar-refractivity contribution is 9.10. The number of hydrogen-bond donors (Lipinski definition) is 1. The highest BCUT2D eigenvalue weighted by atomic mass is 79.9. The second kappa shape index (κ2) is 7.87. The molecule has 0 spiro atoms. The number of aromatic nitrogens is 5.